The summed E-state index contributed by atoms with van der Waals surface area (Å²) in [7, 11) is 4.45. The van der Waals surface area contributed by atoms with Crippen LogP contribution in [0.3, 0.4) is 0 Å². The molecule has 2 fully saturated rings. The number of amides is 1. The van der Waals surface area contributed by atoms with Crippen molar-refractivity contribution in [3.8, 4) is 5.95 Å². The minimum Gasteiger partial charge on any atom is -0.350 e. The fourth-order valence-electron chi connectivity index (χ4n) is 5.82. The number of carbonyl (C=O) groups excluding carboxylic acids is 1. The van der Waals surface area contributed by atoms with E-state index in [4.69, 9.17) is 11.6 Å². The second-order valence-electron chi connectivity index (χ2n) is 9.88. The standard InChI is InChI=1S/C26H33ClN6O/c1-31-15-10-19(16-31)32(2)26(11-4-3-5-12-26)18-30-24(34)20-17-33(25-28-13-7-14-29-25)22-9-6-8-21(27)23(20)22/h6-9,13-14,17,19H,3-5,10-12,15-16,18H2,1-2H3,(H,30,34). The van der Waals surface area contributed by atoms with Gasteiger partial charge in [-0.2, -0.15) is 0 Å². The number of hydrogen-bond acceptors (Lipinski definition) is 5. The molecule has 34 heavy (non-hydrogen) atoms. The van der Waals surface area contributed by atoms with Gasteiger partial charge in [-0.1, -0.05) is 36.9 Å². The number of benzene rings is 1. The number of rotatable bonds is 6. The quantitative estimate of drug-likeness (QED) is 0.574. The van der Waals surface area contributed by atoms with Gasteiger partial charge in [0.15, 0.2) is 0 Å². The van der Waals surface area contributed by atoms with Crippen LogP contribution in [0.2, 0.25) is 5.02 Å². The number of nitrogens with one attached hydrogen (secondary N) is 1. The molecule has 2 aliphatic rings. The highest BCUT2D eigenvalue weighted by Gasteiger charge is 2.41. The summed E-state index contributed by atoms with van der Waals surface area (Å²) in [5.41, 5.74) is 1.37. The van der Waals surface area contributed by atoms with Crippen molar-refractivity contribution in [2.45, 2.75) is 50.1 Å². The first kappa shape index (κ1) is 23.3. The molecule has 1 saturated heterocycles. The normalized spacial score (nSPS) is 20.8. The first-order chi connectivity index (χ1) is 16.5. The van der Waals surface area contributed by atoms with Crippen molar-refractivity contribution in [3.63, 3.8) is 0 Å². The summed E-state index contributed by atoms with van der Waals surface area (Å²) in [6.45, 7) is 2.87. The maximum atomic E-state index is 13.6. The highest BCUT2D eigenvalue weighted by molar-refractivity contribution is 6.37. The van der Waals surface area contributed by atoms with E-state index >= 15 is 0 Å². The molecule has 1 N–H and O–H groups in total. The Kier molecular flexibility index (Phi) is 6.60. The number of likely N-dealkylation sites (tertiary alicyclic amines) is 1. The van der Waals surface area contributed by atoms with Crippen molar-refractivity contribution in [2.75, 3.05) is 33.7 Å². The molecule has 180 valence electrons. The molecule has 1 aliphatic carbocycles. The Morgan fingerprint density at radius 3 is 2.68 bits per heavy atom. The maximum Gasteiger partial charge on any atom is 0.253 e. The van der Waals surface area contributed by atoms with E-state index in [9.17, 15) is 4.79 Å². The van der Waals surface area contributed by atoms with Crippen LogP contribution in [-0.4, -0.2) is 75.6 Å². The number of fused-ring (bicyclic) bond motifs is 1. The molecule has 3 aromatic rings. The van der Waals surface area contributed by atoms with Gasteiger partial charge in [0.1, 0.15) is 0 Å². The molecular weight excluding hydrogens is 448 g/mol. The summed E-state index contributed by atoms with van der Waals surface area (Å²) in [6.07, 6.45) is 12.3. The van der Waals surface area contributed by atoms with Gasteiger partial charge in [0, 0.05) is 48.6 Å². The number of hydrogen-bond donors (Lipinski definition) is 1. The first-order valence-electron chi connectivity index (χ1n) is 12.3. The summed E-state index contributed by atoms with van der Waals surface area (Å²) in [4.78, 5) is 27.3. The number of nitrogens with zero attached hydrogens (tertiary/aromatic N) is 5. The monoisotopic (exact) mass is 480 g/mol. The highest BCUT2D eigenvalue weighted by Crippen LogP contribution is 2.36. The molecule has 5 rings (SSSR count). The molecule has 1 saturated carbocycles. The molecule has 0 bridgehead atoms. The van der Waals surface area contributed by atoms with Crippen molar-refractivity contribution < 1.29 is 4.79 Å². The van der Waals surface area contributed by atoms with Crippen LogP contribution in [-0.2, 0) is 0 Å². The van der Waals surface area contributed by atoms with Gasteiger partial charge >= 0.3 is 0 Å². The zero-order valence-electron chi connectivity index (χ0n) is 20.0. The summed E-state index contributed by atoms with van der Waals surface area (Å²) in [5.74, 6) is 0.414. The third kappa shape index (κ3) is 4.32. The number of halogens is 1. The summed E-state index contributed by atoms with van der Waals surface area (Å²) in [6, 6.07) is 7.96. The van der Waals surface area contributed by atoms with E-state index in [-0.39, 0.29) is 11.4 Å². The first-order valence-corrected chi connectivity index (χ1v) is 12.6. The molecular formula is C26H33ClN6O. The Bertz CT molecular complexity index is 1160. The zero-order valence-corrected chi connectivity index (χ0v) is 20.8. The van der Waals surface area contributed by atoms with Crippen LogP contribution in [0.4, 0.5) is 0 Å². The lowest BCUT2D eigenvalue weighted by atomic mass is 9.79. The maximum absolute atomic E-state index is 13.6. The van der Waals surface area contributed by atoms with Crippen LogP contribution in [0.1, 0.15) is 48.9 Å². The van der Waals surface area contributed by atoms with Gasteiger partial charge in [0.25, 0.3) is 5.91 Å². The molecule has 1 unspecified atom stereocenters. The Morgan fingerprint density at radius 1 is 1.21 bits per heavy atom. The van der Waals surface area contributed by atoms with Crippen LogP contribution in [0, 0.1) is 0 Å². The molecule has 1 amide bonds. The summed E-state index contributed by atoms with van der Waals surface area (Å²) >= 11 is 6.59. The van der Waals surface area contributed by atoms with E-state index in [1.54, 1.807) is 18.5 Å². The highest BCUT2D eigenvalue weighted by atomic mass is 35.5. The predicted octanol–water partition coefficient (Wildman–Crippen LogP) is 4.14. The lowest BCUT2D eigenvalue weighted by Crippen LogP contribution is -2.58. The van der Waals surface area contributed by atoms with E-state index in [0.717, 1.165) is 36.8 Å². The van der Waals surface area contributed by atoms with Crippen molar-refractivity contribution in [2.24, 2.45) is 0 Å². The second kappa shape index (κ2) is 9.64. The lowest BCUT2D eigenvalue weighted by Gasteiger charge is -2.47. The van der Waals surface area contributed by atoms with Crippen LogP contribution in [0.5, 0.6) is 0 Å². The molecule has 8 heteroatoms. The van der Waals surface area contributed by atoms with Gasteiger partial charge in [-0.3, -0.25) is 14.3 Å². The Hall–Kier alpha value is -2.48. The van der Waals surface area contributed by atoms with Gasteiger partial charge in [-0.15, -0.1) is 0 Å². The minimum atomic E-state index is -0.102. The van der Waals surface area contributed by atoms with Crippen LogP contribution < -0.4 is 5.32 Å². The third-order valence-corrected chi connectivity index (χ3v) is 8.13. The van der Waals surface area contributed by atoms with Crippen LogP contribution in [0.25, 0.3) is 16.9 Å². The van der Waals surface area contributed by atoms with Gasteiger partial charge in [0.2, 0.25) is 5.95 Å². The molecule has 1 atom stereocenters. The van der Waals surface area contributed by atoms with Gasteiger partial charge in [-0.25, -0.2) is 9.97 Å². The molecule has 1 aromatic carbocycles. The van der Waals surface area contributed by atoms with Crippen molar-refractivity contribution in [3.05, 3.63) is 53.4 Å². The van der Waals surface area contributed by atoms with Gasteiger partial charge in [0.05, 0.1) is 16.1 Å². The fraction of sp³-hybridized carbons (Fsp3) is 0.500. The van der Waals surface area contributed by atoms with E-state index in [1.165, 1.54) is 25.7 Å². The third-order valence-electron chi connectivity index (χ3n) is 7.82. The topological polar surface area (TPSA) is 66.3 Å². The minimum absolute atomic E-state index is 0.00549. The number of carbonyl (C=O) groups is 1. The SMILES string of the molecule is CN1CCC(N(C)C2(CNC(=O)c3cn(-c4ncccn4)c4cccc(Cl)c34)CCCCC2)C1. The Morgan fingerprint density at radius 2 is 1.97 bits per heavy atom. The number of likely N-dealkylation sites (N-methyl/N-ethyl adjacent to an activating group) is 2. The average Bonchev–Trinajstić information content (AvgIpc) is 3.48. The van der Waals surface area contributed by atoms with Gasteiger partial charge < -0.3 is 10.2 Å². The van der Waals surface area contributed by atoms with Crippen molar-refractivity contribution in [1.29, 1.82) is 0 Å². The number of aromatic nitrogens is 3. The predicted molar refractivity (Wildman–Crippen MR) is 136 cm³/mol. The lowest BCUT2D eigenvalue weighted by molar-refractivity contribution is 0.0384. The Balaban J connectivity index is 1.43. The van der Waals surface area contributed by atoms with Gasteiger partial charge in [-0.05, 0) is 58.1 Å². The largest absolute Gasteiger partial charge is 0.350 e. The molecule has 7 nitrogen and oxygen atoms in total. The Labute approximate surface area is 206 Å². The van der Waals surface area contributed by atoms with Crippen LogP contribution >= 0.6 is 11.6 Å². The smallest absolute Gasteiger partial charge is 0.253 e. The fourth-order valence-corrected chi connectivity index (χ4v) is 6.09. The van der Waals surface area contributed by atoms with E-state index in [0.29, 0.717) is 29.1 Å². The molecule has 2 aromatic heterocycles. The average molecular weight is 481 g/mol. The van der Waals surface area contributed by atoms with E-state index in [2.05, 4.69) is 39.2 Å². The summed E-state index contributed by atoms with van der Waals surface area (Å²) < 4.78 is 1.84. The van der Waals surface area contributed by atoms with Crippen molar-refractivity contribution in [1.82, 2.24) is 29.7 Å². The zero-order chi connectivity index (χ0) is 23.7. The molecule has 1 aliphatic heterocycles. The summed E-state index contributed by atoms with van der Waals surface area (Å²) in [5, 5.41) is 4.59. The second-order valence-corrected chi connectivity index (χ2v) is 10.3. The van der Waals surface area contributed by atoms with E-state index < -0.39 is 0 Å². The van der Waals surface area contributed by atoms with Crippen LogP contribution in [0.15, 0.2) is 42.9 Å². The van der Waals surface area contributed by atoms with Crippen molar-refractivity contribution >= 4 is 28.4 Å². The molecule has 0 spiro atoms. The molecule has 3 heterocycles. The molecule has 0 radical (unpaired) electrons. The van der Waals surface area contributed by atoms with E-state index in [1.807, 2.05) is 29.0 Å².